The number of benzene rings is 10. The van der Waals surface area contributed by atoms with Gasteiger partial charge >= 0.3 is 0 Å². The first-order valence-corrected chi connectivity index (χ1v) is 18.5. The van der Waals surface area contributed by atoms with E-state index in [0.717, 1.165) is 34.1 Å². The van der Waals surface area contributed by atoms with Crippen LogP contribution in [0.3, 0.4) is 0 Å². The topological polar surface area (TPSA) is 6.48 Å². The van der Waals surface area contributed by atoms with E-state index in [-0.39, 0.29) is 0 Å². The van der Waals surface area contributed by atoms with Crippen LogP contribution in [0.25, 0.3) is 54.2 Å². The Morgan fingerprint density at radius 1 is 0.204 bits per heavy atom. The smallest absolute Gasteiger partial charge is 0.0540 e. The van der Waals surface area contributed by atoms with Crippen molar-refractivity contribution in [2.75, 3.05) is 9.80 Å². The maximum Gasteiger partial charge on any atom is 0.0540 e. The first kappa shape index (κ1) is 31.6. The molecule has 0 aliphatic rings. The van der Waals surface area contributed by atoms with Crippen molar-refractivity contribution in [3.8, 4) is 11.1 Å². The Labute approximate surface area is 315 Å². The van der Waals surface area contributed by atoms with Crippen LogP contribution < -0.4 is 9.80 Å². The fourth-order valence-corrected chi connectivity index (χ4v) is 8.20. The van der Waals surface area contributed by atoms with Crippen LogP contribution in [-0.4, -0.2) is 0 Å². The van der Waals surface area contributed by atoms with E-state index < -0.39 is 0 Å². The highest BCUT2D eigenvalue weighted by molar-refractivity contribution is 6.14. The second-order valence-corrected chi connectivity index (χ2v) is 13.7. The first-order valence-electron chi connectivity index (χ1n) is 18.5. The van der Waals surface area contributed by atoms with Gasteiger partial charge in [0.25, 0.3) is 0 Å². The van der Waals surface area contributed by atoms with E-state index in [0.29, 0.717) is 0 Å². The van der Waals surface area contributed by atoms with E-state index in [1.54, 1.807) is 0 Å². The third-order valence-corrected chi connectivity index (χ3v) is 10.6. The van der Waals surface area contributed by atoms with E-state index >= 15 is 0 Å². The van der Waals surface area contributed by atoms with Crippen LogP contribution in [0.15, 0.2) is 218 Å². The molecular weight excluding hydrogens is 653 g/mol. The lowest BCUT2D eigenvalue weighted by Gasteiger charge is -2.29. The lowest BCUT2D eigenvalue weighted by atomic mass is 9.91. The molecule has 0 aromatic heterocycles. The molecule has 0 amide bonds. The van der Waals surface area contributed by atoms with Crippen molar-refractivity contribution in [3.05, 3.63) is 218 Å². The minimum atomic E-state index is 1.12. The van der Waals surface area contributed by atoms with Crippen LogP contribution in [0.5, 0.6) is 0 Å². The Morgan fingerprint density at radius 3 is 0.944 bits per heavy atom. The van der Waals surface area contributed by atoms with Gasteiger partial charge in [0.1, 0.15) is 0 Å². The summed E-state index contributed by atoms with van der Waals surface area (Å²) >= 11 is 0. The highest BCUT2D eigenvalue weighted by Crippen LogP contribution is 2.47. The fraction of sp³-hybridized carbons (Fsp3) is 0. The minimum Gasteiger partial charge on any atom is -0.309 e. The number of nitrogens with zero attached hydrogens (tertiary/aromatic N) is 2. The van der Waals surface area contributed by atoms with Gasteiger partial charge in [0.15, 0.2) is 0 Å². The van der Waals surface area contributed by atoms with Crippen molar-refractivity contribution in [2.45, 2.75) is 0 Å². The average molecular weight is 689 g/mol. The van der Waals surface area contributed by atoms with Crippen molar-refractivity contribution in [1.82, 2.24) is 0 Å². The molecule has 54 heavy (non-hydrogen) atoms. The Balaban J connectivity index is 1.19. The number of rotatable bonds is 7. The molecule has 0 aliphatic carbocycles. The molecule has 0 radical (unpaired) electrons. The summed E-state index contributed by atoms with van der Waals surface area (Å²) in [4.78, 5) is 4.83. The number of para-hydroxylation sites is 2. The second kappa shape index (κ2) is 13.4. The summed E-state index contributed by atoms with van der Waals surface area (Å²) in [6.45, 7) is 0. The molecule has 254 valence electrons. The molecule has 0 bridgehead atoms. The van der Waals surface area contributed by atoms with Crippen LogP contribution >= 0.6 is 0 Å². The molecule has 0 saturated heterocycles. The van der Waals surface area contributed by atoms with Gasteiger partial charge in [-0.15, -0.1) is 0 Å². The van der Waals surface area contributed by atoms with Crippen molar-refractivity contribution in [2.24, 2.45) is 0 Å². The minimum absolute atomic E-state index is 1.12. The van der Waals surface area contributed by atoms with E-state index in [2.05, 4.69) is 228 Å². The summed E-state index contributed by atoms with van der Waals surface area (Å²) in [5.74, 6) is 0. The van der Waals surface area contributed by atoms with Crippen molar-refractivity contribution < 1.29 is 0 Å². The Morgan fingerprint density at radius 2 is 0.519 bits per heavy atom. The van der Waals surface area contributed by atoms with Crippen LogP contribution in [0.1, 0.15) is 0 Å². The van der Waals surface area contributed by atoms with Gasteiger partial charge in [0, 0.05) is 32.9 Å². The molecule has 10 aromatic carbocycles. The second-order valence-electron chi connectivity index (χ2n) is 13.7. The van der Waals surface area contributed by atoms with Gasteiger partial charge in [0.2, 0.25) is 0 Å². The SMILES string of the molecule is c1ccc(N(c2cccc3ccccc23)c2ccc(-c3ccc(N(c4ccccc4)c4cccc5ccccc45)c4ccccc34)c3ccccc23)cc1. The molecule has 2 heteroatoms. The number of hydrogen-bond acceptors (Lipinski definition) is 2. The zero-order chi connectivity index (χ0) is 35.8. The maximum absolute atomic E-state index is 2.41. The van der Waals surface area contributed by atoms with Crippen LogP contribution in [0, 0.1) is 0 Å². The van der Waals surface area contributed by atoms with Gasteiger partial charge in [0.05, 0.1) is 22.7 Å². The summed E-state index contributed by atoms with van der Waals surface area (Å²) in [6, 6.07) is 78.9. The lowest BCUT2D eigenvalue weighted by Crippen LogP contribution is -2.11. The average Bonchev–Trinajstić information content (AvgIpc) is 3.25. The van der Waals surface area contributed by atoms with Gasteiger partial charge in [-0.2, -0.15) is 0 Å². The summed E-state index contributed by atoms with van der Waals surface area (Å²) < 4.78 is 0. The zero-order valence-corrected chi connectivity index (χ0v) is 29.7. The van der Waals surface area contributed by atoms with Crippen molar-refractivity contribution >= 4 is 77.2 Å². The van der Waals surface area contributed by atoms with Gasteiger partial charge in [-0.05, 0) is 81.2 Å². The zero-order valence-electron chi connectivity index (χ0n) is 29.7. The third-order valence-electron chi connectivity index (χ3n) is 10.6. The molecule has 0 aliphatic heterocycles. The molecular formula is C52H36N2. The predicted molar refractivity (Wildman–Crippen MR) is 231 cm³/mol. The maximum atomic E-state index is 2.41. The largest absolute Gasteiger partial charge is 0.309 e. The number of hydrogen-bond donors (Lipinski definition) is 0. The summed E-state index contributed by atoms with van der Waals surface area (Å²) in [5, 5.41) is 9.68. The fourth-order valence-electron chi connectivity index (χ4n) is 8.20. The summed E-state index contributed by atoms with van der Waals surface area (Å²) in [6.07, 6.45) is 0. The first-order chi connectivity index (χ1) is 26.8. The van der Waals surface area contributed by atoms with Crippen molar-refractivity contribution in [1.29, 1.82) is 0 Å². The van der Waals surface area contributed by atoms with Gasteiger partial charge < -0.3 is 9.80 Å². The van der Waals surface area contributed by atoms with Crippen molar-refractivity contribution in [3.63, 3.8) is 0 Å². The molecule has 0 N–H and O–H groups in total. The Bertz CT molecular complexity index is 2740. The van der Waals surface area contributed by atoms with Gasteiger partial charge in [-0.3, -0.25) is 0 Å². The Hall–Kier alpha value is -7.16. The molecule has 0 spiro atoms. The molecule has 2 nitrogen and oxygen atoms in total. The standard InChI is InChI=1S/C52H36N2/c1-3-21-39(22-4-1)53(49-31-15-19-37-17-7-9-25-41(37)49)51-35-33-45(43-27-11-13-29-47(43)51)46-34-36-52(48-30-14-12-28-44(46)48)54(40-23-5-2-6-24-40)50-32-16-20-38-18-8-10-26-42(38)50/h1-36H. The predicted octanol–water partition coefficient (Wildman–Crippen LogP) is 14.9. The normalized spacial score (nSPS) is 11.3. The molecule has 0 fully saturated rings. The molecule has 0 unspecified atom stereocenters. The van der Waals surface area contributed by atoms with E-state index in [1.165, 1.54) is 54.2 Å². The quantitative estimate of drug-likeness (QED) is 0.164. The summed E-state index contributed by atoms with van der Waals surface area (Å²) in [7, 11) is 0. The van der Waals surface area contributed by atoms with Crippen LogP contribution in [0.2, 0.25) is 0 Å². The molecule has 10 aromatic rings. The third kappa shape index (κ3) is 5.36. The monoisotopic (exact) mass is 688 g/mol. The van der Waals surface area contributed by atoms with Gasteiger partial charge in [-0.1, -0.05) is 170 Å². The van der Waals surface area contributed by atoms with Crippen LogP contribution in [0.4, 0.5) is 34.1 Å². The van der Waals surface area contributed by atoms with E-state index in [4.69, 9.17) is 0 Å². The van der Waals surface area contributed by atoms with Crippen LogP contribution in [-0.2, 0) is 0 Å². The molecule has 0 saturated carbocycles. The number of fused-ring (bicyclic) bond motifs is 4. The van der Waals surface area contributed by atoms with E-state index in [9.17, 15) is 0 Å². The lowest BCUT2D eigenvalue weighted by molar-refractivity contribution is 1.31. The molecule has 10 rings (SSSR count). The van der Waals surface area contributed by atoms with Gasteiger partial charge in [-0.25, -0.2) is 0 Å². The molecule has 0 atom stereocenters. The highest BCUT2D eigenvalue weighted by atomic mass is 15.2. The van der Waals surface area contributed by atoms with E-state index in [1.807, 2.05) is 0 Å². The molecule has 0 heterocycles. The Kier molecular flexibility index (Phi) is 7.85. The number of anilines is 6. The summed E-state index contributed by atoms with van der Waals surface area (Å²) in [5.41, 5.74) is 9.25. The highest BCUT2D eigenvalue weighted by Gasteiger charge is 2.22.